The minimum atomic E-state index is -0.129. The number of hydrogen-bond donors (Lipinski definition) is 1. The molecule has 0 aliphatic rings. The van der Waals surface area contributed by atoms with Gasteiger partial charge in [-0.1, -0.05) is 13.8 Å². The normalized spacial score (nSPS) is 15.2. The summed E-state index contributed by atoms with van der Waals surface area (Å²) >= 11 is 5.95. The summed E-state index contributed by atoms with van der Waals surface area (Å²) < 4.78 is 0. The molecule has 14 heavy (non-hydrogen) atoms. The predicted octanol–water partition coefficient (Wildman–Crippen LogP) is 2.54. The molecule has 0 saturated carbocycles. The van der Waals surface area contributed by atoms with E-state index in [0.29, 0.717) is 11.8 Å². The molecule has 1 aromatic heterocycles. The second-order valence-corrected chi connectivity index (χ2v) is 4.19. The zero-order valence-corrected chi connectivity index (χ0v) is 9.54. The summed E-state index contributed by atoms with van der Waals surface area (Å²) in [4.78, 5) is 7.98. The van der Waals surface area contributed by atoms with Crippen molar-refractivity contribution in [3.05, 3.63) is 18.6 Å². The van der Waals surface area contributed by atoms with Crippen LogP contribution >= 0.6 is 11.6 Å². The predicted molar refractivity (Wildman–Crippen MR) is 59.6 cm³/mol. The standard InChI is InChI=1S/C10H16ClN3/c1-8(2)10(3,6-11)14-9-4-5-12-7-13-9/h4-5,7-8H,6H2,1-3H3,(H,12,13,14). The minimum Gasteiger partial charge on any atom is -0.363 e. The van der Waals surface area contributed by atoms with Crippen molar-refractivity contribution in [2.45, 2.75) is 26.3 Å². The number of hydrogen-bond acceptors (Lipinski definition) is 3. The van der Waals surface area contributed by atoms with Crippen LogP contribution in [-0.4, -0.2) is 21.4 Å². The Labute approximate surface area is 89.9 Å². The molecule has 0 radical (unpaired) electrons. The molecular weight excluding hydrogens is 198 g/mol. The molecule has 3 nitrogen and oxygen atoms in total. The van der Waals surface area contributed by atoms with Crippen molar-refractivity contribution in [1.82, 2.24) is 9.97 Å². The van der Waals surface area contributed by atoms with E-state index in [1.165, 1.54) is 6.33 Å². The van der Waals surface area contributed by atoms with Gasteiger partial charge in [0.05, 0.1) is 5.54 Å². The van der Waals surface area contributed by atoms with Crippen molar-refractivity contribution in [1.29, 1.82) is 0 Å². The third kappa shape index (κ3) is 2.58. The zero-order chi connectivity index (χ0) is 10.6. The highest BCUT2D eigenvalue weighted by atomic mass is 35.5. The maximum atomic E-state index is 5.95. The van der Waals surface area contributed by atoms with E-state index in [1.807, 2.05) is 6.07 Å². The molecule has 4 heteroatoms. The first-order valence-electron chi connectivity index (χ1n) is 4.68. The summed E-state index contributed by atoms with van der Waals surface area (Å²) in [6.45, 7) is 6.36. The quantitative estimate of drug-likeness (QED) is 0.782. The van der Waals surface area contributed by atoms with Gasteiger partial charge in [0, 0.05) is 12.1 Å². The van der Waals surface area contributed by atoms with Gasteiger partial charge in [0.2, 0.25) is 0 Å². The van der Waals surface area contributed by atoms with E-state index in [2.05, 4.69) is 36.1 Å². The Bertz CT molecular complexity index is 276. The van der Waals surface area contributed by atoms with Crippen LogP contribution in [0.5, 0.6) is 0 Å². The Morgan fingerprint density at radius 2 is 2.29 bits per heavy atom. The maximum absolute atomic E-state index is 5.95. The number of nitrogens with one attached hydrogen (secondary N) is 1. The molecule has 0 aliphatic carbocycles. The van der Waals surface area contributed by atoms with Crippen LogP contribution in [0.4, 0.5) is 5.82 Å². The fourth-order valence-electron chi connectivity index (χ4n) is 0.989. The fourth-order valence-corrected chi connectivity index (χ4v) is 1.36. The highest BCUT2D eigenvalue weighted by molar-refractivity contribution is 6.18. The van der Waals surface area contributed by atoms with Crippen LogP contribution in [-0.2, 0) is 0 Å². The smallest absolute Gasteiger partial charge is 0.129 e. The molecule has 0 aromatic carbocycles. The van der Waals surface area contributed by atoms with Gasteiger partial charge in [-0.15, -0.1) is 11.6 Å². The van der Waals surface area contributed by atoms with Gasteiger partial charge >= 0.3 is 0 Å². The molecular formula is C10H16ClN3. The van der Waals surface area contributed by atoms with Gasteiger partial charge in [-0.05, 0) is 18.9 Å². The third-order valence-electron chi connectivity index (χ3n) is 2.55. The Morgan fingerprint density at radius 1 is 1.57 bits per heavy atom. The van der Waals surface area contributed by atoms with Crippen molar-refractivity contribution >= 4 is 17.4 Å². The number of rotatable bonds is 4. The van der Waals surface area contributed by atoms with E-state index >= 15 is 0 Å². The highest BCUT2D eigenvalue weighted by Crippen LogP contribution is 2.22. The molecule has 0 spiro atoms. The number of anilines is 1. The second-order valence-electron chi connectivity index (χ2n) is 3.93. The molecule has 0 aliphatic heterocycles. The van der Waals surface area contributed by atoms with Crippen LogP contribution in [0, 0.1) is 5.92 Å². The average Bonchev–Trinajstić information content (AvgIpc) is 2.19. The summed E-state index contributed by atoms with van der Waals surface area (Å²) in [6, 6.07) is 1.84. The largest absolute Gasteiger partial charge is 0.363 e. The molecule has 0 saturated heterocycles. The first-order chi connectivity index (χ1) is 6.58. The van der Waals surface area contributed by atoms with Crippen LogP contribution in [0.2, 0.25) is 0 Å². The molecule has 1 atom stereocenters. The van der Waals surface area contributed by atoms with Gasteiger partial charge in [-0.25, -0.2) is 9.97 Å². The minimum absolute atomic E-state index is 0.129. The molecule has 1 heterocycles. The van der Waals surface area contributed by atoms with Crippen LogP contribution in [0.3, 0.4) is 0 Å². The molecule has 1 N–H and O–H groups in total. The molecule has 0 amide bonds. The van der Waals surface area contributed by atoms with Crippen molar-refractivity contribution in [2.75, 3.05) is 11.2 Å². The SMILES string of the molecule is CC(C)C(C)(CCl)Nc1ccncn1. The van der Waals surface area contributed by atoms with E-state index in [-0.39, 0.29) is 5.54 Å². The highest BCUT2D eigenvalue weighted by Gasteiger charge is 2.27. The lowest BCUT2D eigenvalue weighted by Gasteiger charge is -2.33. The van der Waals surface area contributed by atoms with Crippen LogP contribution < -0.4 is 5.32 Å². The van der Waals surface area contributed by atoms with Gasteiger partial charge in [0.1, 0.15) is 12.1 Å². The maximum Gasteiger partial charge on any atom is 0.129 e. The van der Waals surface area contributed by atoms with Crippen molar-refractivity contribution in [3.63, 3.8) is 0 Å². The molecule has 1 rings (SSSR count). The molecule has 1 unspecified atom stereocenters. The summed E-state index contributed by atoms with van der Waals surface area (Å²) in [6.07, 6.45) is 3.24. The Kier molecular flexibility index (Phi) is 3.69. The van der Waals surface area contributed by atoms with E-state index in [1.54, 1.807) is 6.20 Å². The van der Waals surface area contributed by atoms with Crippen molar-refractivity contribution < 1.29 is 0 Å². The average molecular weight is 214 g/mol. The van der Waals surface area contributed by atoms with Crippen LogP contribution in [0.15, 0.2) is 18.6 Å². The van der Waals surface area contributed by atoms with E-state index in [9.17, 15) is 0 Å². The number of halogens is 1. The van der Waals surface area contributed by atoms with E-state index < -0.39 is 0 Å². The Balaban J connectivity index is 2.76. The van der Waals surface area contributed by atoms with Gasteiger partial charge in [0.25, 0.3) is 0 Å². The summed E-state index contributed by atoms with van der Waals surface area (Å²) in [5, 5.41) is 3.32. The summed E-state index contributed by atoms with van der Waals surface area (Å²) in [7, 11) is 0. The molecule has 0 fully saturated rings. The van der Waals surface area contributed by atoms with Gasteiger partial charge in [-0.2, -0.15) is 0 Å². The summed E-state index contributed by atoms with van der Waals surface area (Å²) in [5.74, 6) is 1.81. The number of alkyl halides is 1. The lowest BCUT2D eigenvalue weighted by atomic mass is 9.90. The number of aromatic nitrogens is 2. The van der Waals surface area contributed by atoms with E-state index in [0.717, 1.165) is 5.82 Å². The first kappa shape index (κ1) is 11.2. The van der Waals surface area contributed by atoms with Gasteiger partial charge in [0.15, 0.2) is 0 Å². The topological polar surface area (TPSA) is 37.8 Å². The fraction of sp³-hybridized carbons (Fsp3) is 0.600. The van der Waals surface area contributed by atoms with Gasteiger partial charge in [-0.3, -0.25) is 0 Å². The van der Waals surface area contributed by atoms with Crippen molar-refractivity contribution in [2.24, 2.45) is 5.92 Å². The van der Waals surface area contributed by atoms with Gasteiger partial charge < -0.3 is 5.32 Å². The lowest BCUT2D eigenvalue weighted by molar-refractivity contribution is 0.411. The van der Waals surface area contributed by atoms with Crippen LogP contribution in [0.1, 0.15) is 20.8 Å². The Hall–Kier alpha value is -0.830. The van der Waals surface area contributed by atoms with E-state index in [4.69, 9.17) is 11.6 Å². The number of nitrogens with zero attached hydrogens (tertiary/aromatic N) is 2. The summed E-state index contributed by atoms with van der Waals surface area (Å²) in [5.41, 5.74) is -0.129. The monoisotopic (exact) mass is 213 g/mol. The van der Waals surface area contributed by atoms with Crippen molar-refractivity contribution in [3.8, 4) is 0 Å². The molecule has 78 valence electrons. The second kappa shape index (κ2) is 4.60. The zero-order valence-electron chi connectivity index (χ0n) is 8.79. The third-order valence-corrected chi connectivity index (χ3v) is 3.10. The lowest BCUT2D eigenvalue weighted by Crippen LogP contribution is -2.42. The Morgan fingerprint density at radius 3 is 2.71 bits per heavy atom. The van der Waals surface area contributed by atoms with Crippen LogP contribution in [0.25, 0.3) is 0 Å². The molecule has 1 aromatic rings. The first-order valence-corrected chi connectivity index (χ1v) is 5.22. The molecule has 0 bridgehead atoms.